The molecule has 13 nitrogen and oxygen atoms in total. The van der Waals surface area contributed by atoms with Crippen molar-refractivity contribution in [3.8, 4) is 0 Å². The number of rotatable bonds is 13. The largest absolute Gasteiger partial charge is 0.481 e. The number of nitrogens with two attached hydrogens (primary N) is 1. The zero-order valence-electron chi connectivity index (χ0n) is 19.0. The zero-order valence-corrected chi connectivity index (χ0v) is 19.0. The van der Waals surface area contributed by atoms with Gasteiger partial charge in [-0.25, -0.2) is 0 Å². The van der Waals surface area contributed by atoms with Crippen LogP contribution in [0.2, 0.25) is 0 Å². The Morgan fingerprint density at radius 2 is 1.60 bits per heavy atom. The average Bonchev–Trinajstić information content (AvgIpc) is 3.22. The van der Waals surface area contributed by atoms with Crippen LogP contribution in [0.3, 0.4) is 0 Å². The summed E-state index contributed by atoms with van der Waals surface area (Å²) in [5.74, 6) is -5.18. The third-order valence-electron chi connectivity index (χ3n) is 5.28. The van der Waals surface area contributed by atoms with E-state index in [0.717, 1.165) is 16.5 Å². The summed E-state index contributed by atoms with van der Waals surface area (Å²) in [6, 6.07) is 2.19. The highest BCUT2D eigenvalue weighted by molar-refractivity contribution is 5.94. The molecule has 0 aliphatic rings. The lowest BCUT2D eigenvalue weighted by molar-refractivity contribution is -0.142. The summed E-state index contributed by atoms with van der Waals surface area (Å²) in [5, 5.41) is 35.1. The maximum atomic E-state index is 12.6. The Morgan fingerprint density at radius 3 is 2.23 bits per heavy atom. The molecule has 0 saturated carbocycles. The Kier molecular flexibility index (Phi) is 9.73. The molecule has 4 atom stereocenters. The molecule has 1 aromatic heterocycles. The molecule has 35 heavy (non-hydrogen) atoms. The molecule has 4 unspecified atom stereocenters. The van der Waals surface area contributed by atoms with Gasteiger partial charge in [0.2, 0.25) is 17.7 Å². The molecule has 13 heteroatoms. The average molecular weight is 492 g/mol. The van der Waals surface area contributed by atoms with Crippen molar-refractivity contribution in [1.82, 2.24) is 20.9 Å². The molecule has 1 aromatic carbocycles. The van der Waals surface area contributed by atoms with E-state index in [0.29, 0.717) is 0 Å². The first-order valence-corrected chi connectivity index (χ1v) is 10.8. The minimum Gasteiger partial charge on any atom is -0.481 e. The minimum absolute atomic E-state index is 0.145. The van der Waals surface area contributed by atoms with E-state index in [2.05, 4.69) is 20.9 Å². The lowest BCUT2D eigenvalue weighted by atomic mass is 10.0. The maximum Gasteiger partial charge on any atom is 0.325 e. The molecule has 9 N–H and O–H groups in total. The number of benzene rings is 1. The maximum absolute atomic E-state index is 12.6. The fourth-order valence-electron chi connectivity index (χ4n) is 3.29. The van der Waals surface area contributed by atoms with Crippen molar-refractivity contribution >= 4 is 40.6 Å². The van der Waals surface area contributed by atoms with Gasteiger partial charge in [-0.3, -0.25) is 24.0 Å². The predicted molar refractivity (Wildman–Crippen MR) is 123 cm³/mol. The van der Waals surface area contributed by atoms with Gasteiger partial charge in [-0.15, -0.1) is 0 Å². The van der Waals surface area contributed by atoms with Gasteiger partial charge in [0.05, 0.1) is 12.6 Å². The standard InChI is InChI=1S/C22H29N5O8/c1-11(22(34)35)25-20(32)16(6-7-18(29)30)26-21(33)17(10-28)27-19(31)14(23)8-12-9-24-15-5-3-2-4-13(12)15/h2-5,9,11,14,16-17,24,28H,6-8,10,23H2,1H3,(H,25,32)(H,26,33)(H,27,31)(H,29,30)(H,34,35). The number of amides is 3. The summed E-state index contributed by atoms with van der Waals surface area (Å²) in [4.78, 5) is 62.5. The second kappa shape index (κ2) is 12.5. The van der Waals surface area contributed by atoms with Crippen LogP contribution in [0.1, 0.15) is 25.3 Å². The molecule has 0 radical (unpaired) electrons. The second-order valence-corrected chi connectivity index (χ2v) is 7.98. The van der Waals surface area contributed by atoms with Crippen molar-refractivity contribution in [2.24, 2.45) is 5.73 Å². The Labute approximate surface area is 200 Å². The van der Waals surface area contributed by atoms with Crippen LogP contribution < -0.4 is 21.7 Å². The third-order valence-corrected chi connectivity index (χ3v) is 5.28. The molecule has 0 saturated heterocycles. The van der Waals surface area contributed by atoms with Gasteiger partial charge in [0.15, 0.2) is 0 Å². The highest BCUT2D eigenvalue weighted by atomic mass is 16.4. The molecule has 2 aromatic rings. The monoisotopic (exact) mass is 491 g/mol. The number of nitrogens with one attached hydrogen (secondary N) is 4. The molecule has 2 rings (SSSR count). The van der Waals surface area contributed by atoms with Gasteiger partial charge >= 0.3 is 11.9 Å². The van der Waals surface area contributed by atoms with E-state index in [1.807, 2.05) is 24.3 Å². The highest BCUT2D eigenvalue weighted by Crippen LogP contribution is 2.18. The molecule has 0 aliphatic carbocycles. The van der Waals surface area contributed by atoms with Gasteiger partial charge in [0, 0.05) is 23.5 Å². The van der Waals surface area contributed by atoms with Crippen molar-refractivity contribution in [2.45, 2.75) is 50.4 Å². The summed E-state index contributed by atoms with van der Waals surface area (Å²) in [7, 11) is 0. The first-order valence-electron chi connectivity index (χ1n) is 10.8. The summed E-state index contributed by atoms with van der Waals surface area (Å²) in [6.45, 7) is 0.373. The number of para-hydroxylation sites is 1. The summed E-state index contributed by atoms with van der Waals surface area (Å²) in [6.07, 6.45) is 1.03. The molecular weight excluding hydrogens is 462 g/mol. The molecule has 0 bridgehead atoms. The fraction of sp³-hybridized carbons (Fsp3) is 0.409. The van der Waals surface area contributed by atoms with Gasteiger partial charge in [0.25, 0.3) is 0 Å². The fourth-order valence-corrected chi connectivity index (χ4v) is 3.29. The van der Waals surface area contributed by atoms with E-state index in [1.165, 1.54) is 6.92 Å². The van der Waals surface area contributed by atoms with E-state index < -0.39 is 66.9 Å². The molecular formula is C22H29N5O8. The number of carboxylic acids is 2. The number of hydrogen-bond donors (Lipinski definition) is 8. The van der Waals surface area contributed by atoms with Gasteiger partial charge in [-0.1, -0.05) is 18.2 Å². The number of aromatic nitrogens is 1. The van der Waals surface area contributed by atoms with E-state index in [1.54, 1.807) is 6.20 Å². The number of H-pyrrole nitrogens is 1. The molecule has 0 fully saturated rings. The Balaban J connectivity index is 2.03. The van der Waals surface area contributed by atoms with Gasteiger partial charge < -0.3 is 42.0 Å². The first kappa shape index (κ1) is 27.3. The van der Waals surface area contributed by atoms with E-state index in [-0.39, 0.29) is 12.8 Å². The SMILES string of the molecule is CC(NC(=O)C(CCC(=O)O)NC(=O)C(CO)NC(=O)C(N)Cc1c[nH]c2ccccc12)C(=O)O. The van der Waals surface area contributed by atoms with Crippen LogP contribution in [0.4, 0.5) is 0 Å². The lowest BCUT2D eigenvalue weighted by Crippen LogP contribution is -2.58. The first-order chi connectivity index (χ1) is 16.5. The van der Waals surface area contributed by atoms with E-state index >= 15 is 0 Å². The van der Waals surface area contributed by atoms with Crippen molar-refractivity contribution in [1.29, 1.82) is 0 Å². The van der Waals surface area contributed by atoms with Crippen LogP contribution in [0, 0.1) is 0 Å². The van der Waals surface area contributed by atoms with Crippen LogP contribution in [0.25, 0.3) is 10.9 Å². The number of carbonyl (C=O) groups excluding carboxylic acids is 3. The van der Waals surface area contributed by atoms with Crippen molar-refractivity contribution in [3.05, 3.63) is 36.0 Å². The van der Waals surface area contributed by atoms with Gasteiger partial charge in [0.1, 0.15) is 18.1 Å². The highest BCUT2D eigenvalue weighted by Gasteiger charge is 2.29. The minimum atomic E-state index is -1.48. The number of fused-ring (bicyclic) bond motifs is 1. The number of carbonyl (C=O) groups is 5. The molecule has 0 aliphatic heterocycles. The van der Waals surface area contributed by atoms with Crippen molar-refractivity contribution < 1.29 is 39.3 Å². The number of aromatic amines is 1. The van der Waals surface area contributed by atoms with Gasteiger partial charge in [-0.05, 0) is 31.4 Å². The normalized spacial score (nSPS) is 14.4. The van der Waals surface area contributed by atoms with E-state index in [4.69, 9.17) is 15.9 Å². The molecule has 3 amide bonds. The Morgan fingerprint density at radius 1 is 0.971 bits per heavy atom. The Bertz CT molecular complexity index is 1080. The van der Waals surface area contributed by atoms with Crippen molar-refractivity contribution in [3.63, 3.8) is 0 Å². The third kappa shape index (κ3) is 7.79. The predicted octanol–water partition coefficient (Wildman–Crippen LogP) is -1.55. The van der Waals surface area contributed by atoms with Crippen LogP contribution in [0.15, 0.2) is 30.5 Å². The van der Waals surface area contributed by atoms with Crippen LogP contribution in [-0.2, 0) is 30.4 Å². The van der Waals surface area contributed by atoms with E-state index in [9.17, 15) is 29.1 Å². The molecule has 1 heterocycles. The second-order valence-electron chi connectivity index (χ2n) is 7.98. The van der Waals surface area contributed by atoms with Crippen LogP contribution >= 0.6 is 0 Å². The summed E-state index contributed by atoms with van der Waals surface area (Å²) >= 11 is 0. The number of aliphatic carboxylic acids is 2. The Hall–Kier alpha value is -3.97. The topological polar surface area (TPSA) is 224 Å². The lowest BCUT2D eigenvalue weighted by Gasteiger charge is -2.23. The van der Waals surface area contributed by atoms with Crippen LogP contribution in [-0.4, -0.2) is 80.7 Å². The van der Waals surface area contributed by atoms with Crippen molar-refractivity contribution in [2.75, 3.05) is 6.61 Å². The summed E-state index contributed by atoms with van der Waals surface area (Å²) < 4.78 is 0. The smallest absolute Gasteiger partial charge is 0.325 e. The number of aliphatic hydroxyl groups excluding tert-OH is 1. The van der Waals surface area contributed by atoms with Crippen LogP contribution in [0.5, 0.6) is 0 Å². The quantitative estimate of drug-likeness (QED) is 0.162. The van der Waals surface area contributed by atoms with Gasteiger partial charge in [-0.2, -0.15) is 0 Å². The summed E-state index contributed by atoms with van der Waals surface area (Å²) in [5.41, 5.74) is 7.64. The molecule has 190 valence electrons. The number of aliphatic hydroxyl groups is 1. The number of hydrogen-bond acceptors (Lipinski definition) is 7. The molecule has 0 spiro atoms. The zero-order chi connectivity index (χ0) is 26.1. The number of carboxylic acid groups (broad SMARTS) is 2.